The lowest BCUT2D eigenvalue weighted by Crippen LogP contribution is -2.00. The zero-order chi connectivity index (χ0) is 11.5. The first-order chi connectivity index (χ1) is 7.72. The molecule has 2 rings (SSSR count). The molecule has 0 spiro atoms. The number of ether oxygens (including phenoxy) is 1. The third-order valence-electron chi connectivity index (χ3n) is 2.40. The summed E-state index contributed by atoms with van der Waals surface area (Å²) >= 11 is 0. The van der Waals surface area contributed by atoms with Crippen LogP contribution in [0.4, 0.5) is 5.82 Å². The van der Waals surface area contributed by atoms with Crippen LogP contribution in [0.25, 0.3) is 5.69 Å². The summed E-state index contributed by atoms with van der Waals surface area (Å²) in [6.45, 7) is 2.47. The summed E-state index contributed by atoms with van der Waals surface area (Å²) in [6.07, 6.45) is 0. The Morgan fingerprint density at radius 3 is 2.88 bits per heavy atom. The molecule has 0 bridgehead atoms. The number of hydrogen-bond acceptors (Lipinski definition) is 4. The maximum absolute atomic E-state index is 5.66. The molecule has 0 fully saturated rings. The molecule has 0 atom stereocenters. The van der Waals surface area contributed by atoms with Crippen molar-refractivity contribution in [3.63, 3.8) is 0 Å². The second-order valence-electron chi connectivity index (χ2n) is 3.57. The maximum Gasteiger partial charge on any atom is 0.169 e. The molecule has 0 radical (unpaired) electrons. The van der Waals surface area contributed by atoms with Crippen molar-refractivity contribution < 1.29 is 4.74 Å². The second-order valence-corrected chi connectivity index (χ2v) is 3.57. The van der Waals surface area contributed by atoms with Crippen LogP contribution < -0.4 is 5.73 Å². The second kappa shape index (κ2) is 4.32. The average molecular weight is 218 g/mol. The van der Waals surface area contributed by atoms with Gasteiger partial charge in [-0.1, -0.05) is 17.3 Å². The fourth-order valence-electron chi connectivity index (χ4n) is 1.53. The summed E-state index contributed by atoms with van der Waals surface area (Å²) in [5, 5.41) is 7.82. The van der Waals surface area contributed by atoms with Crippen LogP contribution in [0.15, 0.2) is 24.3 Å². The predicted molar refractivity (Wildman–Crippen MR) is 61.2 cm³/mol. The molecule has 0 unspecified atom stereocenters. The smallest absolute Gasteiger partial charge is 0.169 e. The fraction of sp³-hybridized carbons (Fsp3) is 0.273. The first-order valence-corrected chi connectivity index (χ1v) is 4.98. The van der Waals surface area contributed by atoms with Crippen LogP contribution in [0, 0.1) is 6.92 Å². The average Bonchev–Trinajstić information content (AvgIpc) is 2.61. The van der Waals surface area contributed by atoms with Gasteiger partial charge in [-0.3, -0.25) is 0 Å². The molecule has 2 aromatic rings. The number of nitrogens with zero attached hydrogens (tertiary/aromatic N) is 3. The summed E-state index contributed by atoms with van der Waals surface area (Å²) in [4.78, 5) is 0. The molecule has 2 N–H and O–H groups in total. The summed E-state index contributed by atoms with van der Waals surface area (Å²) in [6, 6.07) is 7.93. The Kier molecular flexibility index (Phi) is 2.87. The fourth-order valence-corrected chi connectivity index (χ4v) is 1.53. The van der Waals surface area contributed by atoms with Gasteiger partial charge < -0.3 is 10.5 Å². The van der Waals surface area contributed by atoms with E-state index in [9.17, 15) is 0 Å². The standard InChI is InChI=1S/C11H14N4O/c1-8-11(12)13-14-15(8)10-5-3-4-9(6-10)7-16-2/h3-6H,7,12H2,1-2H3. The molecule has 0 amide bonds. The SMILES string of the molecule is COCc1cccc(-n2nnc(N)c2C)c1. The molecule has 1 aromatic heterocycles. The number of rotatable bonds is 3. The molecule has 16 heavy (non-hydrogen) atoms. The van der Waals surface area contributed by atoms with Gasteiger partial charge in [-0.05, 0) is 24.6 Å². The van der Waals surface area contributed by atoms with Crippen molar-refractivity contribution in [3.8, 4) is 5.69 Å². The topological polar surface area (TPSA) is 66.0 Å². The Morgan fingerprint density at radius 1 is 1.44 bits per heavy atom. The van der Waals surface area contributed by atoms with Crippen molar-refractivity contribution >= 4 is 5.82 Å². The van der Waals surface area contributed by atoms with Gasteiger partial charge in [-0.15, -0.1) is 5.10 Å². The van der Waals surface area contributed by atoms with E-state index in [0.717, 1.165) is 16.9 Å². The van der Waals surface area contributed by atoms with E-state index >= 15 is 0 Å². The Morgan fingerprint density at radius 2 is 2.25 bits per heavy atom. The Hall–Kier alpha value is -1.88. The minimum atomic E-state index is 0.456. The molecular formula is C11H14N4O. The summed E-state index contributed by atoms with van der Waals surface area (Å²) < 4.78 is 6.80. The molecule has 0 saturated heterocycles. The Labute approximate surface area is 93.8 Å². The Balaban J connectivity index is 2.40. The van der Waals surface area contributed by atoms with Crippen molar-refractivity contribution in [2.75, 3.05) is 12.8 Å². The van der Waals surface area contributed by atoms with Gasteiger partial charge in [0, 0.05) is 7.11 Å². The number of benzene rings is 1. The minimum Gasteiger partial charge on any atom is -0.381 e. The van der Waals surface area contributed by atoms with Crippen LogP contribution in [-0.2, 0) is 11.3 Å². The molecule has 1 aromatic carbocycles. The number of nitrogen functional groups attached to an aromatic ring is 1. The normalized spacial score (nSPS) is 10.6. The quantitative estimate of drug-likeness (QED) is 0.843. The molecule has 5 nitrogen and oxygen atoms in total. The maximum atomic E-state index is 5.66. The summed E-state index contributed by atoms with van der Waals surface area (Å²) in [7, 11) is 1.67. The lowest BCUT2D eigenvalue weighted by atomic mass is 10.2. The zero-order valence-corrected chi connectivity index (χ0v) is 9.34. The van der Waals surface area contributed by atoms with E-state index in [2.05, 4.69) is 10.3 Å². The monoisotopic (exact) mass is 218 g/mol. The van der Waals surface area contributed by atoms with E-state index in [1.54, 1.807) is 11.8 Å². The van der Waals surface area contributed by atoms with E-state index in [1.165, 1.54) is 0 Å². The van der Waals surface area contributed by atoms with E-state index in [-0.39, 0.29) is 0 Å². The zero-order valence-electron chi connectivity index (χ0n) is 9.34. The highest BCUT2D eigenvalue weighted by Gasteiger charge is 2.06. The minimum absolute atomic E-state index is 0.456. The van der Waals surface area contributed by atoms with Crippen LogP contribution in [0.1, 0.15) is 11.3 Å². The van der Waals surface area contributed by atoms with Gasteiger partial charge in [0.15, 0.2) is 5.82 Å². The number of anilines is 1. The van der Waals surface area contributed by atoms with E-state index in [0.29, 0.717) is 12.4 Å². The van der Waals surface area contributed by atoms with Gasteiger partial charge in [0.05, 0.1) is 18.0 Å². The number of nitrogens with two attached hydrogens (primary N) is 1. The van der Waals surface area contributed by atoms with Gasteiger partial charge in [-0.25, -0.2) is 4.68 Å². The predicted octanol–water partition coefficient (Wildman–Crippen LogP) is 1.30. The highest BCUT2D eigenvalue weighted by atomic mass is 16.5. The van der Waals surface area contributed by atoms with Gasteiger partial charge in [0.1, 0.15) is 0 Å². The molecule has 0 saturated carbocycles. The Bertz CT molecular complexity index is 492. The van der Waals surface area contributed by atoms with E-state index < -0.39 is 0 Å². The van der Waals surface area contributed by atoms with Crippen molar-refractivity contribution in [2.45, 2.75) is 13.5 Å². The van der Waals surface area contributed by atoms with Gasteiger partial charge >= 0.3 is 0 Å². The van der Waals surface area contributed by atoms with Crippen LogP contribution in [0.3, 0.4) is 0 Å². The first-order valence-electron chi connectivity index (χ1n) is 4.98. The lowest BCUT2D eigenvalue weighted by Gasteiger charge is -2.05. The number of aromatic nitrogens is 3. The van der Waals surface area contributed by atoms with Crippen LogP contribution in [0.5, 0.6) is 0 Å². The third-order valence-corrected chi connectivity index (χ3v) is 2.40. The van der Waals surface area contributed by atoms with Crippen LogP contribution in [0.2, 0.25) is 0 Å². The molecule has 1 heterocycles. The molecule has 0 aliphatic rings. The van der Waals surface area contributed by atoms with Crippen molar-refractivity contribution in [2.24, 2.45) is 0 Å². The molecule has 5 heteroatoms. The van der Waals surface area contributed by atoms with Gasteiger partial charge in [-0.2, -0.15) is 0 Å². The van der Waals surface area contributed by atoms with E-state index in [1.807, 2.05) is 31.2 Å². The molecule has 0 aliphatic carbocycles. The highest BCUT2D eigenvalue weighted by molar-refractivity contribution is 5.41. The van der Waals surface area contributed by atoms with Gasteiger partial charge in [0.2, 0.25) is 0 Å². The first kappa shape index (κ1) is 10.6. The largest absolute Gasteiger partial charge is 0.381 e. The third kappa shape index (κ3) is 1.90. The molecule has 84 valence electrons. The van der Waals surface area contributed by atoms with Crippen molar-refractivity contribution in [1.29, 1.82) is 0 Å². The summed E-state index contributed by atoms with van der Waals surface area (Å²) in [5.41, 5.74) is 8.53. The summed E-state index contributed by atoms with van der Waals surface area (Å²) in [5.74, 6) is 0.456. The number of hydrogen-bond donors (Lipinski definition) is 1. The van der Waals surface area contributed by atoms with Gasteiger partial charge in [0.25, 0.3) is 0 Å². The van der Waals surface area contributed by atoms with E-state index in [4.69, 9.17) is 10.5 Å². The highest BCUT2D eigenvalue weighted by Crippen LogP contribution is 2.14. The van der Waals surface area contributed by atoms with Crippen LogP contribution in [-0.4, -0.2) is 22.1 Å². The molecule has 0 aliphatic heterocycles. The lowest BCUT2D eigenvalue weighted by molar-refractivity contribution is 0.185. The van der Waals surface area contributed by atoms with Crippen molar-refractivity contribution in [1.82, 2.24) is 15.0 Å². The number of methoxy groups -OCH3 is 1. The van der Waals surface area contributed by atoms with Crippen molar-refractivity contribution in [3.05, 3.63) is 35.5 Å². The molecular weight excluding hydrogens is 204 g/mol. The van der Waals surface area contributed by atoms with Crippen LogP contribution >= 0.6 is 0 Å².